The predicted molar refractivity (Wildman–Crippen MR) is 549 cm³/mol. The number of piperidine rings is 1. The van der Waals surface area contributed by atoms with Crippen molar-refractivity contribution in [1.29, 1.82) is 0 Å². The summed E-state index contributed by atoms with van der Waals surface area (Å²) in [5.74, 6) is -6.42. The van der Waals surface area contributed by atoms with Crippen molar-refractivity contribution in [3.05, 3.63) is 114 Å². The van der Waals surface area contributed by atoms with Gasteiger partial charge in [0.15, 0.2) is 20.0 Å². The van der Waals surface area contributed by atoms with E-state index in [4.69, 9.17) is 0 Å². The number of nitrogens with one attached hydrogen (secondary N) is 8. The number of nitrogens with zero attached hydrogens (tertiary/aromatic N) is 12. The van der Waals surface area contributed by atoms with Crippen LogP contribution in [0.25, 0.3) is 41.8 Å². The van der Waals surface area contributed by atoms with Crippen molar-refractivity contribution in [3.8, 4) is 41.8 Å². The second-order valence-corrected chi connectivity index (χ2v) is 47.8. The van der Waals surface area contributed by atoms with Gasteiger partial charge in [0, 0.05) is 145 Å². The summed E-state index contributed by atoms with van der Waals surface area (Å²) in [6.45, 7) is 42.0. The van der Waals surface area contributed by atoms with Crippen LogP contribution in [0.15, 0.2) is 49.1 Å². The Morgan fingerprint density at radius 3 is 0.915 bits per heavy atom. The zero-order valence-corrected chi connectivity index (χ0v) is 89.3. The summed E-state index contributed by atoms with van der Waals surface area (Å²) in [5, 5.41) is 64.8. The Kier molecular flexibility index (Phi) is 33.8. The van der Waals surface area contributed by atoms with E-state index >= 15 is 0 Å². The smallest absolute Gasteiger partial charge is 0.280 e. The van der Waals surface area contributed by atoms with E-state index < -0.39 is 102 Å². The molecule has 7 fully saturated rings. The van der Waals surface area contributed by atoms with Gasteiger partial charge in [-0.15, -0.1) is 45.3 Å². The molecule has 2 saturated carbocycles. The normalized spacial score (nSPS) is 19.5. The summed E-state index contributed by atoms with van der Waals surface area (Å²) in [5.41, 5.74) is 2.34. The molecule has 142 heavy (non-hydrogen) atoms. The van der Waals surface area contributed by atoms with Crippen LogP contribution in [0.1, 0.15) is 344 Å². The summed E-state index contributed by atoms with van der Waals surface area (Å²) < 4.78 is 56.2. The number of hydrogen-bond donors (Lipinski definition) is 12. The SMILES string of the molecule is CCC(C)(C)Nc1cc(C)c(-c2sc(C(=O)NCC(C)(C)O)nc2C(=O)N2CC(F)(F)C[C@@H]2C)cn1.CCC(C)(C)Nc1cc(C)c(-c2sc(C(=O)NCC(C)(C)O)nc2C(=O)N2CCCC[C@@H]2C)cn1.Cc1cc(NC2(C)CCC2)ncc1-c1sc(C(=O)NCC(C)(C)O)nc1C(=O)N1C2CCC1CC2.Cc1cc(NC2(C)CCC2)ncc1-c1sc(C(=O)NCC(C)(C)O)nc1C(=O)N1CC(F)(F)C[C@@H]1C. The van der Waals surface area contributed by atoms with E-state index in [0.717, 1.165) is 161 Å². The Bertz CT molecular complexity index is 5770. The predicted octanol–water partition coefficient (Wildman–Crippen LogP) is 17.5. The standard InChI is InChI=1S/C26H35N5O3S.C26H39N5O3S.C25H33F2N5O3S.C25H35F2N5O3S/c1-15-12-19(30-26(4)10-5-11-26)27-13-18(15)21-20(24(33)31-16-6-7-17(31)9-8-16)29-23(35-21)22(32)28-14-25(2,3)34;1-8-25(4,5)30-19-13-16(2)18(14-27-19)21-20(24(33)31-12-10-9-11-17(31)3)29-23(35-21)22(32)28-15-26(6,7)34;1-14-9-17(31-24(5)7-6-8-24)28-11-16(14)19-18(22(34)32-13-25(26,27)10-15(32)2)30-21(36-19)20(33)29-12-23(3,4)35;1-8-23(4,5)31-17-9-14(2)16(11-28-17)19-18(22(34)32-13-25(26,27)10-15(32)3)30-21(36-19)20(33)29-12-24(6,7)35/h12-13,16-17,34H,5-11,14H2,1-4H3,(H,27,30)(H,28,32);13-14,17,34H,8-12,15H2,1-7H3,(H,27,30)(H,28,32);9,11,15,35H,6-8,10,12-13H2,1-5H3,(H,28,31)(H,29,33);9,11,15,35H,8,10,12-13H2,1-7H3,(H,28,31)(H,29,33)/t;17-;2*15-/m.000/s1. The number of likely N-dealkylation sites (tertiary alicyclic amines) is 3. The Labute approximate surface area is 845 Å². The molecule has 15 rings (SSSR count). The van der Waals surface area contributed by atoms with Crippen molar-refractivity contribution < 1.29 is 76.3 Å². The Morgan fingerprint density at radius 2 is 0.669 bits per heavy atom. The monoisotopic (exact) mass is 2040 g/mol. The van der Waals surface area contributed by atoms with E-state index in [2.05, 4.69) is 145 Å². The van der Waals surface area contributed by atoms with Gasteiger partial charge in [0.1, 0.15) is 46.0 Å². The first kappa shape index (κ1) is 110. The number of amides is 8. The lowest BCUT2D eigenvalue weighted by atomic mass is 9.78. The average molecular weight is 2040 g/mol. The zero-order chi connectivity index (χ0) is 104. The van der Waals surface area contributed by atoms with Gasteiger partial charge < -0.3 is 82.6 Å². The first-order valence-electron chi connectivity index (χ1n) is 49.1. The van der Waals surface area contributed by atoms with Crippen LogP contribution in [0, 0.1) is 27.7 Å². The number of aliphatic hydroxyl groups is 4. The van der Waals surface area contributed by atoms with Gasteiger partial charge in [-0.25, -0.2) is 57.4 Å². The van der Waals surface area contributed by atoms with Gasteiger partial charge in [0.05, 0.1) is 55.0 Å². The molecule has 0 unspecified atom stereocenters. The molecule has 774 valence electrons. The van der Waals surface area contributed by atoms with Gasteiger partial charge in [0.2, 0.25) is 0 Å². The van der Waals surface area contributed by atoms with Crippen LogP contribution in [-0.4, -0.2) is 260 Å². The van der Waals surface area contributed by atoms with E-state index in [0.29, 0.717) is 54.5 Å². The first-order valence-corrected chi connectivity index (χ1v) is 52.4. The molecule has 0 aromatic carbocycles. The van der Waals surface area contributed by atoms with E-state index in [1.165, 1.54) is 35.5 Å². The van der Waals surface area contributed by atoms with Crippen LogP contribution in [0.4, 0.5) is 40.8 Å². The van der Waals surface area contributed by atoms with Gasteiger partial charge in [-0.1, -0.05) is 13.8 Å². The number of carbonyl (C=O) groups is 8. The highest BCUT2D eigenvalue weighted by atomic mass is 32.1. The maximum absolute atomic E-state index is 14.1. The molecule has 0 radical (unpaired) electrons. The minimum absolute atomic E-state index is 0.00456. The Balaban J connectivity index is 0.000000169. The lowest BCUT2D eigenvalue weighted by Gasteiger charge is -2.39. The van der Waals surface area contributed by atoms with Crippen LogP contribution < -0.4 is 42.5 Å². The van der Waals surface area contributed by atoms with Crippen molar-refractivity contribution in [1.82, 2.24) is 80.7 Å². The molecule has 5 aliphatic heterocycles. The quantitative estimate of drug-likeness (QED) is 0.0186. The van der Waals surface area contributed by atoms with Gasteiger partial charge in [-0.3, -0.25) is 38.4 Å². The minimum atomic E-state index is -2.98. The lowest BCUT2D eigenvalue weighted by Crippen LogP contribution is -2.42. The van der Waals surface area contributed by atoms with Gasteiger partial charge in [-0.2, -0.15) is 0 Å². The maximum atomic E-state index is 14.1. The van der Waals surface area contributed by atoms with Crippen molar-refractivity contribution in [3.63, 3.8) is 0 Å². The van der Waals surface area contributed by atoms with Crippen LogP contribution in [0.3, 0.4) is 0 Å². The van der Waals surface area contributed by atoms with Crippen molar-refractivity contribution in [2.45, 2.75) is 355 Å². The fourth-order valence-corrected chi connectivity index (χ4v) is 22.0. The Hall–Kier alpha value is -10.4. The summed E-state index contributed by atoms with van der Waals surface area (Å²) in [6.07, 6.45) is 21.7. The maximum Gasteiger partial charge on any atom is 0.280 e. The summed E-state index contributed by atoms with van der Waals surface area (Å²) >= 11 is 4.41. The molecule has 8 aromatic heterocycles. The van der Waals surface area contributed by atoms with Gasteiger partial charge in [-0.05, 0) is 288 Å². The van der Waals surface area contributed by atoms with Crippen LogP contribution >= 0.6 is 45.3 Å². The van der Waals surface area contributed by atoms with Crippen molar-refractivity contribution in [2.24, 2.45) is 0 Å². The topological polar surface area (TPSA) is 430 Å². The third kappa shape index (κ3) is 28.0. The molecule has 0 spiro atoms. The van der Waals surface area contributed by atoms with Crippen LogP contribution in [0.2, 0.25) is 0 Å². The number of carbonyl (C=O) groups excluding carboxylic acids is 8. The molecule has 8 amide bonds. The van der Waals surface area contributed by atoms with E-state index in [-0.39, 0.29) is 121 Å². The highest BCUT2D eigenvalue weighted by Crippen LogP contribution is 2.46. The number of alkyl halides is 4. The minimum Gasteiger partial charge on any atom is -0.389 e. The lowest BCUT2D eigenvalue weighted by molar-refractivity contribution is 0.0115. The molecule has 12 N–H and O–H groups in total. The molecule has 8 aromatic rings. The highest BCUT2D eigenvalue weighted by molar-refractivity contribution is 7.18. The largest absolute Gasteiger partial charge is 0.389 e. The fourth-order valence-electron chi connectivity index (χ4n) is 17.8. The fraction of sp³-hybridized carbons (Fsp3) is 0.608. The Morgan fingerprint density at radius 1 is 0.394 bits per heavy atom. The third-order valence-corrected chi connectivity index (χ3v) is 31.4. The number of halogens is 4. The number of hydrogen-bond acceptors (Lipinski definition) is 28. The molecular weight excluding hydrogens is 1900 g/mol. The molecule has 40 heteroatoms. The van der Waals surface area contributed by atoms with Gasteiger partial charge >= 0.3 is 0 Å². The number of anilines is 4. The molecule has 7 aliphatic rings. The number of rotatable bonds is 30. The highest BCUT2D eigenvalue weighted by Gasteiger charge is 2.50. The summed E-state index contributed by atoms with van der Waals surface area (Å²) in [7, 11) is 0. The molecule has 32 nitrogen and oxygen atoms in total. The second kappa shape index (κ2) is 43.5. The van der Waals surface area contributed by atoms with Crippen LogP contribution in [-0.2, 0) is 0 Å². The van der Waals surface area contributed by atoms with E-state index in [1.807, 2.05) is 61.8 Å². The summed E-state index contributed by atoms with van der Waals surface area (Å²) in [4.78, 5) is 150. The molecule has 3 atom stereocenters. The summed E-state index contributed by atoms with van der Waals surface area (Å²) in [6, 6.07) is 7.04. The average Bonchev–Trinajstić information content (AvgIpc) is 1.61. The third-order valence-electron chi connectivity index (χ3n) is 27.0. The number of fused-ring (bicyclic) bond motifs is 2. The van der Waals surface area contributed by atoms with Crippen LogP contribution in [0.5, 0.6) is 0 Å². The number of aryl methyl sites for hydroxylation is 4. The van der Waals surface area contributed by atoms with E-state index in [1.54, 1.807) is 94.0 Å². The second-order valence-electron chi connectivity index (χ2n) is 43.8. The van der Waals surface area contributed by atoms with Gasteiger partial charge in [0.25, 0.3) is 59.1 Å². The zero-order valence-electron chi connectivity index (χ0n) is 86.0. The number of thiazole rings is 4. The number of pyridine rings is 4. The van der Waals surface area contributed by atoms with E-state index in [9.17, 15) is 76.3 Å². The molecule has 2 aliphatic carbocycles. The molecule has 13 heterocycles. The number of aromatic nitrogens is 8. The first-order chi connectivity index (χ1) is 66.0. The molecule has 2 bridgehead atoms. The molecular formula is C102H142F4N20O12S4. The molecule has 5 saturated heterocycles. The van der Waals surface area contributed by atoms with Crippen molar-refractivity contribution >= 4 is 116 Å². The van der Waals surface area contributed by atoms with Crippen molar-refractivity contribution in [2.75, 3.05) is 67.1 Å².